The fourth-order valence-electron chi connectivity index (χ4n) is 1.44. The van der Waals surface area contributed by atoms with Gasteiger partial charge in [0, 0.05) is 13.1 Å². The maximum atomic E-state index is 13.5. The highest BCUT2D eigenvalue weighted by atomic mass is 79.9. The summed E-state index contributed by atoms with van der Waals surface area (Å²) in [7, 11) is 0. The molecule has 0 aliphatic heterocycles. The second kappa shape index (κ2) is 7.34. The van der Waals surface area contributed by atoms with Gasteiger partial charge < -0.3 is 9.47 Å². The lowest BCUT2D eigenvalue weighted by Gasteiger charge is -2.21. The predicted octanol–water partition coefficient (Wildman–Crippen LogP) is 0.735. The Labute approximate surface area is 121 Å². The van der Waals surface area contributed by atoms with Gasteiger partial charge in [0.25, 0.3) is 5.56 Å². The van der Waals surface area contributed by atoms with Crippen LogP contribution in [0.15, 0.2) is 20.3 Å². The lowest BCUT2D eigenvalue weighted by atomic mass is 10.3. The van der Waals surface area contributed by atoms with Crippen LogP contribution in [-0.4, -0.2) is 34.9 Å². The molecule has 7 nitrogen and oxygen atoms in total. The van der Waals surface area contributed by atoms with Crippen LogP contribution in [0.25, 0.3) is 0 Å². The van der Waals surface area contributed by atoms with E-state index in [9.17, 15) is 18.8 Å². The summed E-state index contributed by atoms with van der Waals surface area (Å²) in [5.41, 5.74) is -1.41. The smallest absolute Gasteiger partial charge is 0.330 e. The van der Waals surface area contributed by atoms with E-state index < -0.39 is 29.6 Å². The second-order valence-corrected chi connectivity index (χ2v) is 4.78. The molecule has 2 atom stereocenters. The van der Waals surface area contributed by atoms with Gasteiger partial charge in [0.1, 0.15) is 12.8 Å². The average Bonchev–Trinajstić information content (AvgIpc) is 2.34. The van der Waals surface area contributed by atoms with Crippen molar-refractivity contribution in [3.63, 3.8) is 0 Å². The summed E-state index contributed by atoms with van der Waals surface area (Å²) in [6, 6.07) is 0. The summed E-state index contributed by atoms with van der Waals surface area (Å²) in [6.45, 7) is 2.31. The average molecular weight is 353 g/mol. The molecular weight excluding hydrogens is 339 g/mol. The minimum atomic E-state index is -1.51. The molecule has 1 aromatic heterocycles. The number of alkyl halides is 1. The number of ether oxygens (including phenoxy) is 2. The molecule has 0 amide bonds. The highest BCUT2D eigenvalue weighted by molar-refractivity contribution is 9.10. The first-order chi connectivity index (χ1) is 9.32. The van der Waals surface area contributed by atoms with Gasteiger partial charge in [-0.25, -0.2) is 9.18 Å². The van der Waals surface area contributed by atoms with Gasteiger partial charge in [-0.15, -0.1) is 0 Å². The van der Waals surface area contributed by atoms with E-state index in [-0.39, 0.29) is 17.7 Å². The molecule has 1 aromatic rings. The van der Waals surface area contributed by atoms with E-state index in [0.29, 0.717) is 0 Å². The molecule has 1 rings (SSSR count). The monoisotopic (exact) mass is 352 g/mol. The van der Waals surface area contributed by atoms with Crippen LogP contribution in [0.4, 0.5) is 4.39 Å². The van der Waals surface area contributed by atoms with Crippen molar-refractivity contribution in [3.05, 3.63) is 31.5 Å². The van der Waals surface area contributed by atoms with E-state index in [1.54, 1.807) is 0 Å². The third kappa shape index (κ3) is 4.57. The Kier molecular flexibility index (Phi) is 6.08. The van der Waals surface area contributed by atoms with E-state index >= 15 is 0 Å². The normalized spacial score (nSPS) is 13.8. The first kappa shape index (κ1) is 16.6. The molecule has 0 aliphatic carbocycles. The number of aromatic amines is 1. The molecule has 1 unspecified atom stereocenters. The van der Waals surface area contributed by atoms with E-state index in [1.165, 1.54) is 13.8 Å². The molecule has 112 valence electrons. The number of nitrogens with zero attached hydrogens (tertiary/aromatic N) is 1. The third-order valence-corrected chi connectivity index (χ3v) is 2.83. The Morgan fingerprint density at radius 2 is 2.15 bits per heavy atom. The zero-order valence-corrected chi connectivity index (χ0v) is 12.5. The number of hydrogen-bond donors (Lipinski definition) is 1. The molecule has 0 radical (unpaired) electrons. The first-order valence-corrected chi connectivity index (χ1v) is 6.52. The zero-order chi connectivity index (χ0) is 15.3. The summed E-state index contributed by atoms with van der Waals surface area (Å²) in [5.74, 6) is -0.484. The van der Waals surface area contributed by atoms with Crippen LogP contribution in [0.3, 0.4) is 0 Å². The summed E-state index contributed by atoms with van der Waals surface area (Å²) in [6.07, 6.45) is -1.60. The number of halogens is 2. The van der Waals surface area contributed by atoms with Crippen molar-refractivity contribution in [1.29, 1.82) is 0 Å². The fraction of sp³-hybridized carbons (Fsp3) is 0.545. The number of carbonyl (C=O) groups excluding carboxylic acids is 1. The molecule has 0 aliphatic rings. The Bertz CT molecular complexity index is 583. The Balaban J connectivity index is 2.86. The van der Waals surface area contributed by atoms with Gasteiger partial charge >= 0.3 is 11.7 Å². The second-order valence-electron chi connectivity index (χ2n) is 3.92. The molecular formula is C11H14BrFN2O5. The lowest BCUT2D eigenvalue weighted by molar-refractivity contribution is -0.144. The highest BCUT2D eigenvalue weighted by Gasteiger charge is 2.21. The first-order valence-electron chi connectivity index (χ1n) is 5.73. The van der Waals surface area contributed by atoms with Gasteiger partial charge in [-0.2, -0.15) is 0 Å². The standard InChI is InChI=1S/C11H14BrFN2O5/c1-6(13)10(20-4-3-19-7(2)16)15-5-8(12)9(17)14-11(15)18/h5-6,10H,3-4H2,1-2H3,(H,14,17,18)/t6?,10-/m1/s1. The maximum absolute atomic E-state index is 13.5. The molecule has 0 aromatic carbocycles. The van der Waals surface area contributed by atoms with Gasteiger partial charge in [-0.05, 0) is 22.9 Å². The molecule has 20 heavy (non-hydrogen) atoms. The van der Waals surface area contributed by atoms with Crippen LogP contribution in [-0.2, 0) is 14.3 Å². The molecule has 1 N–H and O–H groups in total. The molecule has 0 fully saturated rings. The van der Waals surface area contributed by atoms with Gasteiger partial charge in [-0.3, -0.25) is 19.1 Å². The molecule has 0 saturated carbocycles. The van der Waals surface area contributed by atoms with Crippen molar-refractivity contribution < 1.29 is 18.7 Å². The van der Waals surface area contributed by atoms with Gasteiger partial charge in [0.05, 0.1) is 11.1 Å². The Morgan fingerprint density at radius 1 is 1.50 bits per heavy atom. The van der Waals surface area contributed by atoms with E-state index in [0.717, 1.165) is 10.8 Å². The summed E-state index contributed by atoms with van der Waals surface area (Å²) in [4.78, 5) is 35.4. The van der Waals surface area contributed by atoms with Crippen molar-refractivity contribution in [2.24, 2.45) is 0 Å². The number of aromatic nitrogens is 2. The molecule has 9 heteroatoms. The zero-order valence-electron chi connectivity index (χ0n) is 10.9. The summed E-state index contributed by atoms with van der Waals surface area (Å²) >= 11 is 2.95. The number of nitrogens with one attached hydrogen (secondary N) is 1. The summed E-state index contributed by atoms with van der Waals surface area (Å²) in [5, 5.41) is 0. The minimum Gasteiger partial charge on any atom is -0.463 e. The van der Waals surface area contributed by atoms with Crippen LogP contribution in [0.1, 0.15) is 20.1 Å². The van der Waals surface area contributed by atoms with Gasteiger partial charge in [0.15, 0.2) is 6.23 Å². The van der Waals surface area contributed by atoms with Crippen LogP contribution in [0.2, 0.25) is 0 Å². The van der Waals surface area contributed by atoms with Gasteiger partial charge in [0.2, 0.25) is 0 Å². The minimum absolute atomic E-state index is 0.0577. The van der Waals surface area contributed by atoms with E-state index in [2.05, 4.69) is 20.7 Å². The molecule has 0 bridgehead atoms. The van der Waals surface area contributed by atoms with Crippen LogP contribution < -0.4 is 11.2 Å². The van der Waals surface area contributed by atoms with E-state index in [1.807, 2.05) is 4.98 Å². The third-order valence-electron chi connectivity index (χ3n) is 2.27. The Hall–Kier alpha value is -1.48. The number of H-pyrrole nitrogens is 1. The van der Waals surface area contributed by atoms with Crippen molar-refractivity contribution >= 4 is 21.9 Å². The molecule has 0 saturated heterocycles. The van der Waals surface area contributed by atoms with E-state index in [4.69, 9.17) is 4.74 Å². The van der Waals surface area contributed by atoms with Crippen molar-refractivity contribution in [2.75, 3.05) is 13.2 Å². The number of rotatable bonds is 6. The van der Waals surface area contributed by atoms with Crippen molar-refractivity contribution in [3.8, 4) is 0 Å². The predicted molar refractivity (Wildman–Crippen MR) is 71.2 cm³/mol. The van der Waals surface area contributed by atoms with Crippen molar-refractivity contribution in [1.82, 2.24) is 9.55 Å². The van der Waals surface area contributed by atoms with Crippen molar-refractivity contribution in [2.45, 2.75) is 26.2 Å². The topological polar surface area (TPSA) is 90.4 Å². The SMILES string of the molecule is CC(=O)OCCO[C@H](C(C)F)n1cc(Br)c(=O)[nH]c1=O. The van der Waals surface area contributed by atoms with Crippen LogP contribution in [0, 0.1) is 0 Å². The molecule has 1 heterocycles. The van der Waals surface area contributed by atoms with Gasteiger partial charge in [-0.1, -0.05) is 0 Å². The van der Waals surface area contributed by atoms with Crippen LogP contribution in [0.5, 0.6) is 0 Å². The quantitative estimate of drug-likeness (QED) is 0.602. The summed E-state index contributed by atoms with van der Waals surface area (Å²) < 4.78 is 24.4. The largest absolute Gasteiger partial charge is 0.463 e. The lowest BCUT2D eigenvalue weighted by Crippen LogP contribution is -2.36. The van der Waals surface area contributed by atoms with Crippen LogP contribution >= 0.6 is 15.9 Å². The fourth-order valence-corrected chi connectivity index (χ4v) is 1.76. The highest BCUT2D eigenvalue weighted by Crippen LogP contribution is 2.15. The number of hydrogen-bond acceptors (Lipinski definition) is 5. The number of carbonyl (C=O) groups is 1. The maximum Gasteiger partial charge on any atom is 0.330 e. The molecule has 0 spiro atoms. The number of esters is 1. The Morgan fingerprint density at radius 3 is 2.70 bits per heavy atom.